The molecule has 0 bridgehead atoms. The van der Waals surface area contributed by atoms with Crippen molar-refractivity contribution in [2.24, 2.45) is 0 Å². The molecule has 3 aromatic rings. The maximum atomic E-state index is 12.6. The fraction of sp³-hybridized carbons (Fsp3) is 0.421. The SMILES string of the molecule is CCCc1cc(-c2nc3cc4c(cc3[nH]2)NC(=O)C42CCCC2)[nH]n1. The number of nitrogens with zero attached hydrogens (tertiary/aromatic N) is 2. The first-order chi connectivity index (χ1) is 12.2. The smallest absolute Gasteiger partial charge is 0.235 e. The molecule has 1 spiro atoms. The van der Waals surface area contributed by atoms with Gasteiger partial charge in [0.2, 0.25) is 5.91 Å². The molecule has 3 N–H and O–H groups in total. The van der Waals surface area contributed by atoms with Gasteiger partial charge in [-0.3, -0.25) is 9.89 Å². The van der Waals surface area contributed by atoms with Crippen LogP contribution < -0.4 is 5.32 Å². The van der Waals surface area contributed by atoms with E-state index in [1.807, 2.05) is 6.07 Å². The monoisotopic (exact) mass is 335 g/mol. The molecule has 0 saturated heterocycles. The van der Waals surface area contributed by atoms with Gasteiger partial charge in [0.05, 0.1) is 22.1 Å². The predicted molar refractivity (Wildman–Crippen MR) is 96.4 cm³/mol. The number of hydrogen-bond donors (Lipinski definition) is 3. The molecule has 1 fully saturated rings. The van der Waals surface area contributed by atoms with Crippen molar-refractivity contribution in [1.29, 1.82) is 0 Å². The number of fused-ring (bicyclic) bond motifs is 3. The highest BCUT2D eigenvalue weighted by Gasteiger charge is 2.48. The van der Waals surface area contributed by atoms with Crippen LogP contribution in [0.4, 0.5) is 5.69 Å². The number of aromatic nitrogens is 4. The van der Waals surface area contributed by atoms with Crippen LogP contribution in [0, 0.1) is 0 Å². The zero-order chi connectivity index (χ0) is 17.0. The average molecular weight is 335 g/mol. The molecule has 0 unspecified atom stereocenters. The largest absolute Gasteiger partial charge is 0.337 e. The van der Waals surface area contributed by atoms with Crippen LogP contribution in [0.3, 0.4) is 0 Å². The van der Waals surface area contributed by atoms with E-state index in [2.05, 4.69) is 39.6 Å². The molecule has 5 rings (SSSR count). The van der Waals surface area contributed by atoms with Gasteiger partial charge in [0, 0.05) is 5.69 Å². The van der Waals surface area contributed by atoms with Crippen molar-refractivity contribution in [3.8, 4) is 11.5 Å². The Bertz CT molecular complexity index is 977. The molecule has 25 heavy (non-hydrogen) atoms. The highest BCUT2D eigenvalue weighted by atomic mass is 16.2. The molecular weight excluding hydrogens is 314 g/mol. The first-order valence-corrected chi connectivity index (χ1v) is 9.10. The summed E-state index contributed by atoms with van der Waals surface area (Å²) in [6.07, 6.45) is 6.14. The van der Waals surface area contributed by atoms with Gasteiger partial charge >= 0.3 is 0 Å². The minimum absolute atomic E-state index is 0.158. The Labute approximate surface area is 145 Å². The van der Waals surface area contributed by atoms with E-state index in [-0.39, 0.29) is 11.3 Å². The van der Waals surface area contributed by atoms with Gasteiger partial charge in [0.15, 0.2) is 5.82 Å². The van der Waals surface area contributed by atoms with Crippen LogP contribution in [0.2, 0.25) is 0 Å². The van der Waals surface area contributed by atoms with Crippen molar-refractivity contribution in [2.75, 3.05) is 5.32 Å². The Kier molecular flexibility index (Phi) is 3.04. The maximum Gasteiger partial charge on any atom is 0.235 e. The lowest BCUT2D eigenvalue weighted by Gasteiger charge is -2.20. The molecule has 1 aromatic carbocycles. The molecule has 6 nitrogen and oxygen atoms in total. The van der Waals surface area contributed by atoms with Crippen molar-refractivity contribution in [2.45, 2.75) is 50.9 Å². The molecule has 0 radical (unpaired) electrons. The van der Waals surface area contributed by atoms with E-state index in [1.165, 1.54) is 0 Å². The van der Waals surface area contributed by atoms with E-state index in [9.17, 15) is 4.79 Å². The maximum absolute atomic E-state index is 12.6. The van der Waals surface area contributed by atoms with E-state index in [0.717, 1.165) is 78.0 Å². The van der Waals surface area contributed by atoms with Crippen LogP contribution in [-0.4, -0.2) is 26.1 Å². The summed E-state index contributed by atoms with van der Waals surface area (Å²) in [5.41, 5.74) is 5.53. The van der Waals surface area contributed by atoms with Crippen molar-refractivity contribution >= 4 is 22.6 Å². The summed E-state index contributed by atoms with van der Waals surface area (Å²) in [7, 11) is 0. The lowest BCUT2D eigenvalue weighted by Crippen LogP contribution is -2.30. The standard InChI is InChI=1S/C19H21N5O/c1-2-5-11-8-16(24-23-11)17-20-14-9-12-13(10-15(14)21-17)22-18(25)19(12)6-3-4-7-19/h8-10H,2-7H2,1H3,(H,20,21)(H,22,25)(H,23,24). The number of aromatic amines is 2. The van der Waals surface area contributed by atoms with Crippen LogP contribution in [0.5, 0.6) is 0 Å². The summed E-state index contributed by atoms with van der Waals surface area (Å²) >= 11 is 0. The first-order valence-electron chi connectivity index (χ1n) is 9.10. The second kappa shape index (κ2) is 5.18. The minimum Gasteiger partial charge on any atom is -0.337 e. The number of H-pyrrole nitrogens is 2. The number of benzene rings is 1. The van der Waals surface area contributed by atoms with Gasteiger partial charge < -0.3 is 10.3 Å². The third-order valence-electron chi connectivity index (χ3n) is 5.67. The fourth-order valence-corrected chi connectivity index (χ4v) is 4.39. The Morgan fingerprint density at radius 2 is 2.04 bits per heavy atom. The molecule has 128 valence electrons. The highest BCUT2D eigenvalue weighted by Crippen LogP contribution is 2.49. The van der Waals surface area contributed by atoms with Crippen LogP contribution >= 0.6 is 0 Å². The molecule has 1 amide bonds. The number of carbonyl (C=O) groups is 1. The average Bonchev–Trinajstić information content (AvgIpc) is 3.36. The highest BCUT2D eigenvalue weighted by molar-refractivity contribution is 6.08. The minimum atomic E-state index is -0.328. The Hall–Kier alpha value is -2.63. The van der Waals surface area contributed by atoms with E-state index < -0.39 is 0 Å². The zero-order valence-electron chi connectivity index (χ0n) is 14.3. The predicted octanol–water partition coefficient (Wildman–Crippen LogP) is 3.67. The number of nitrogens with one attached hydrogen (secondary N) is 3. The van der Waals surface area contributed by atoms with Gasteiger partial charge in [-0.15, -0.1) is 0 Å². The molecule has 6 heteroatoms. The van der Waals surface area contributed by atoms with Gasteiger partial charge in [0.1, 0.15) is 5.69 Å². The third kappa shape index (κ3) is 2.06. The second-order valence-electron chi connectivity index (χ2n) is 7.27. The van der Waals surface area contributed by atoms with Crippen molar-refractivity contribution in [1.82, 2.24) is 20.2 Å². The topological polar surface area (TPSA) is 86.5 Å². The summed E-state index contributed by atoms with van der Waals surface area (Å²) in [5.74, 6) is 0.950. The molecule has 1 aliphatic carbocycles. The fourth-order valence-electron chi connectivity index (χ4n) is 4.39. The lowest BCUT2D eigenvalue weighted by molar-refractivity contribution is -0.120. The number of amides is 1. The van der Waals surface area contributed by atoms with E-state index in [4.69, 9.17) is 4.98 Å². The van der Waals surface area contributed by atoms with Crippen LogP contribution in [-0.2, 0) is 16.6 Å². The Morgan fingerprint density at radius 1 is 1.20 bits per heavy atom. The quantitative estimate of drug-likeness (QED) is 0.682. The van der Waals surface area contributed by atoms with E-state index in [0.29, 0.717) is 0 Å². The number of imidazole rings is 1. The summed E-state index contributed by atoms with van der Waals surface area (Å²) in [5, 5.41) is 10.5. The number of aryl methyl sites for hydroxylation is 1. The zero-order valence-corrected chi connectivity index (χ0v) is 14.3. The first kappa shape index (κ1) is 14.7. The lowest BCUT2D eigenvalue weighted by atomic mass is 9.80. The molecular formula is C19H21N5O. The van der Waals surface area contributed by atoms with E-state index >= 15 is 0 Å². The Balaban J connectivity index is 1.59. The number of hydrogen-bond acceptors (Lipinski definition) is 3. The molecule has 2 aromatic heterocycles. The van der Waals surface area contributed by atoms with Crippen molar-refractivity contribution in [3.05, 3.63) is 29.5 Å². The molecule has 2 aliphatic rings. The number of anilines is 1. The van der Waals surface area contributed by atoms with Crippen LogP contribution in [0.25, 0.3) is 22.6 Å². The van der Waals surface area contributed by atoms with Gasteiger partial charge in [-0.05, 0) is 43.0 Å². The van der Waals surface area contributed by atoms with Gasteiger partial charge in [-0.25, -0.2) is 4.98 Å². The second-order valence-corrected chi connectivity index (χ2v) is 7.27. The van der Waals surface area contributed by atoms with Gasteiger partial charge in [-0.2, -0.15) is 5.10 Å². The normalized spacial score (nSPS) is 18.2. The summed E-state index contributed by atoms with van der Waals surface area (Å²) in [6, 6.07) is 6.17. The summed E-state index contributed by atoms with van der Waals surface area (Å²) in [6.45, 7) is 2.14. The molecule has 0 atom stereocenters. The van der Waals surface area contributed by atoms with Crippen LogP contribution in [0.15, 0.2) is 18.2 Å². The third-order valence-corrected chi connectivity index (χ3v) is 5.67. The van der Waals surface area contributed by atoms with Gasteiger partial charge in [0.25, 0.3) is 0 Å². The number of rotatable bonds is 3. The van der Waals surface area contributed by atoms with E-state index in [1.54, 1.807) is 0 Å². The van der Waals surface area contributed by atoms with Crippen molar-refractivity contribution < 1.29 is 4.79 Å². The summed E-state index contributed by atoms with van der Waals surface area (Å²) < 4.78 is 0. The van der Waals surface area contributed by atoms with Crippen LogP contribution in [0.1, 0.15) is 50.3 Å². The molecule has 1 aliphatic heterocycles. The Morgan fingerprint density at radius 3 is 2.84 bits per heavy atom. The summed E-state index contributed by atoms with van der Waals surface area (Å²) in [4.78, 5) is 20.7. The number of carbonyl (C=O) groups excluding carboxylic acids is 1. The van der Waals surface area contributed by atoms with Crippen molar-refractivity contribution in [3.63, 3.8) is 0 Å². The molecule has 3 heterocycles. The van der Waals surface area contributed by atoms with Gasteiger partial charge in [-0.1, -0.05) is 26.2 Å². The molecule has 1 saturated carbocycles.